The number of benzene rings is 2. The predicted molar refractivity (Wildman–Crippen MR) is 141 cm³/mol. The van der Waals surface area contributed by atoms with E-state index in [1.165, 1.54) is 19.2 Å². The zero-order chi connectivity index (χ0) is 27.3. The molecule has 3 rings (SSSR count). The van der Waals surface area contributed by atoms with Gasteiger partial charge in [0.25, 0.3) is 5.56 Å². The van der Waals surface area contributed by atoms with Crippen LogP contribution in [-0.4, -0.2) is 50.4 Å². The minimum atomic E-state index is -4.23. The molecule has 0 aliphatic rings. The van der Waals surface area contributed by atoms with Gasteiger partial charge in [0.2, 0.25) is 10.0 Å². The summed E-state index contributed by atoms with van der Waals surface area (Å²) in [5.41, 5.74) is 1.43. The van der Waals surface area contributed by atoms with Crippen molar-refractivity contribution in [3.05, 3.63) is 97.4 Å². The zero-order valence-electron chi connectivity index (χ0n) is 20.8. The Labute approximate surface area is 223 Å². The molecule has 1 atom stereocenters. The largest absolute Gasteiger partial charge is 0.468 e. The predicted octanol–water partition coefficient (Wildman–Crippen LogP) is 3.75. The molecule has 0 fully saturated rings. The molecule has 0 spiro atoms. The second kappa shape index (κ2) is 11.8. The Bertz CT molecular complexity index is 1450. The highest BCUT2D eigenvalue weighted by molar-refractivity contribution is 9.10. The maximum atomic E-state index is 13.5. The number of sulfonamides is 1. The van der Waals surface area contributed by atoms with Gasteiger partial charge in [0.15, 0.2) is 0 Å². The molecule has 0 saturated heterocycles. The molecule has 3 aromatic rings. The number of halogens is 1. The van der Waals surface area contributed by atoms with Gasteiger partial charge in [-0.05, 0) is 46.1 Å². The molecule has 2 aromatic carbocycles. The monoisotopic (exact) mass is 590 g/mol. The summed E-state index contributed by atoms with van der Waals surface area (Å²) in [4.78, 5) is 40.8. The van der Waals surface area contributed by atoms with Crippen molar-refractivity contribution in [1.82, 2.24) is 9.29 Å². The fourth-order valence-corrected chi connectivity index (χ4v) is 5.88. The number of nitrogens with zero attached hydrogens (tertiary/aromatic N) is 1. The first-order valence-corrected chi connectivity index (χ1v) is 13.5. The molecule has 11 heteroatoms. The number of aryl methyl sites for hydroxylation is 1. The lowest BCUT2D eigenvalue weighted by Crippen LogP contribution is -2.37. The highest BCUT2D eigenvalue weighted by atomic mass is 79.9. The van der Waals surface area contributed by atoms with E-state index < -0.39 is 46.5 Å². The summed E-state index contributed by atoms with van der Waals surface area (Å²) in [5.74, 6) is -2.02. The maximum absolute atomic E-state index is 13.5. The molecular weight excluding hydrogens is 564 g/mol. The van der Waals surface area contributed by atoms with E-state index in [-0.39, 0.29) is 20.6 Å². The van der Waals surface area contributed by atoms with Gasteiger partial charge in [-0.2, -0.15) is 4.31 Å². The van der Waals surface area contributed by atoms with Crippen LogP contribution in [-0.2, 0) is 30.8 Å². The average Bonchev–Trinajstić information content (AvgIpc) is 2.89. The van der Waals surface area contributed by atoms with Crippen molar-refractivity contribution < 1.29 is 27.5 Å². The minimum Gasteiger partial charge on any atom is -0.468 e. The molecule has 1 N–H and O–H groups in total. The number of carbonyl (C=O) groups excluding carboxylic acids is 2. The summed E-state index contributed by atoms with van der Waals surface area (Å²) in [5, 5.41) is 0. The summed E-state index contributed by atoms with van der Waals surface area (Å²) in [6.07, 6.45) is 0. The molecule has 0 aliphatic carbocycles. The first-order valence-electron chi connectivity index (χ1n) is 11.2. The Hall–Kier alpha value is -3.28. The lowest BCUT2D eigenvalue weighted by Gasteiger charge is -2.24. The number of pyridine rings is 1. The van der Waals surface area contributed by atoms with E-state index in [1.807, 2.05) is 44.2 Å². The van der Waals surface area contributed by atoms with Crippen LogP contribution in [0.2, 0.25) is 0 Å². The Kier molecular flexibility index (Phi) is 9.06. The number of hydrogen-bond donors (Lipinski definition) is 1. The number of nitrogens with one attached hydrogen (secondary N) is 1. The average molecular weight is 591 g/mol. The Morgan fingerprint density at radius 1 is 1.03 bits per heavy atom. The van der Waals surface area contributed by atoms with Gasteiger partial charge in [0.1, 0.15) is 6.54 Å². The first kappa shape index (κ1) is 28.3. The molecule has 0 saturated carbocycles. The van der Waals surface area contributed by atoms with Gasteiger partial charge in [0, 0.05) is 11.6 Å². The number of aromatic nitrogens is 1. The van der Waals surface area contributed by atoms with Crippen molar-refractivity contribution in [2.24, 2.45) is 0 Å². The number of esters is 2. The second-order valence-electron chi connectivity index (χ2n) is 8.32. The highest BCUT2D eigenvalue weighted by Gasteiger charge is 2.32. The van der Waals surface area contributed by atoms with E-state index in [0.717, 1.165) is 22.5 Å². The molecular formula is C26H27BrN2O7S. The second-order valence-corrected chi connectivity index (χ2v) is 11.1. The third-order valence-electron chi connectivity index (χ3n) is 5.92. The quantitative estimate of drug-likeness (QED) is 0.376. The summed E-state index contributed by atoms with van der Waals surface area (Å²) >= 11 is 3.30. The fraction of sp³-hybridized carbons (Fsp3) is 0.269. The number of methoxy groups -OCH3 is 2. The van der Waals surface area contributed by atoms with E-state index in [1.54, 1.807) is 12.1 Å². The molecule has 37 heavy (non-hydrogen) atoms. The molecule has 1 heterocycles. The van der Waals surface area contributed by atoms with Crippen molar-refractivity contribution in [2.45, 2.75) is 31.2 Å². The van der Waals surface area contributed by atoms with Gasteiger partial charge >= 0.3 is 11.9 Å². The topological polar surface area (TPSA) is 123 Å². The minimum absolute atomic E-state index is 0.000648. The molecule has 0 radical (unpaired) electrons. The van der Waals surface area contributed by atoms with Gasteiger partial charge in [-0.25, -0.2) is 13.2 Å². The molecule has 0 aliphatic heterocycles. The lowest BCUT2D eigenvalue weighted by atomic mass is 9.89. The van der Waals surface area contributed by atoms with Crippen LogP contribution in [0.3, 0.4) is 0 Å². The van der Waals surface area contributed by atoms with Crippen LogP contribution in [0, 0.1) is 6.92 Å². The third-order valence-corrected chi connectivity index (χ3v) is 8.51. The SMILES string of the molecule is COC(=O)CN(Cc1[nH]c(=O)c(Br)c([C@H](C)c2ccccc2)c1C(=O)OC)S(=O)(=O)c1ccc(C)cc1. The molecule has 9 nitrogen and oxygen atoms in total. The molecule has 1 aromatic heterocycles. The van der Waals surface area contributed by atoms with Gasteiger partial charge in [-0.3, -0.25) is 9.59 Å². The Morgan fingerprint density at radius 3 is 2.22 bits per heavy atom. The third kappa shape index (κ3) is 6.17. The summed E-state index contributed by atoms with van der Waals surface area (Å²) < 4.78 is 37.8. The fourth-order valence-electron chi connectivity index (χ4n) is 3.89. The van der Waals surface area contributed by atoms with Crippen molar-refractivity contribution in [3.63, 3.8) is 0 Å². The van der Waals surface area contributed by atoms with Gasteiger partial charge in [0.05, 0.1) is 35.7 Å². The van der Waals surface area contributed by atoms with Crippen molar-refractivity contribution >= 4 is 37.9 Å². The standard InChI is InChI=1S/C26H27BrN2O7S/c1-16-10-12-19(13-11-16)37(33,34)29(15-21(30)35-3)14-20-23(26(32)36-4)22(24(27)25(31)28-20)17(2)18-8-6-5-7-9-18/h5-13,17H,14-15H2,1-4H3,(H,28,31)/t17-/m1/s1. The summed E-state index contributed by atoms with van der Waals surface area (Å²) in [7, 11) is -1.90. The highest BCUT2D eigenvalue weighted by Crippen LogP contribution is 2.33. The number of carbonyl (C=O) groups is 2. The van der Waals surface area contributed by atoms with E-state index >= 15 is 0 Å². The molecule has 0 amide bonds. The smallest absolute Gasteiger partial charge is 0.340 e. The Balaban J connectivity index is 2.22. The van der Waals surface area contributed by atoms with E-state index in [4.69, 9.17) is 9.47 Å². The van der Waals surface area contributed by atoms with Crippen LogP contribution in [0.1, 0.15) is 45.6 Å². The van der Waals surface area contributed by atoms with Crippen LogP contribution in [0.15, 0.2) is 68.8 Å². The summed E-state index contributed by atoms with van der Waals surface area (Å²) in [6.45, 7) is 2.50. The molecule has 0 bridgehead atoms. The zero-order valence-corrected chi connectivity index (χ0v) is 23.2. The van der Waals surface area contributed by atoms with Crippen LogP contribution < -0.4 is 5.56 Å². The van der Waals surface area contributed by atoms with Gasteiger partial charge in [-0.15, -0.1) is 0 Å². The van der Waals surface area contributed by atoms with E-state index in [0.29, 0.717) is 5.56 Å². The van der Waals surface area contributed by atoms with Crippen LogP contribution in [0.4, 0.5) is 0 Å². The van der Waals surface area contributed by atoms with E-state index in [9.17, 15) is 22.8 Å². The van der Waals surface area contributed by atoms with Crippen LogP contribution in [0.5, 0.6) is 0 Å². The number of aromatic amines is 1. The van der Waals surface area contributed by atoms with Crippen molar-refractivity contribution in [2.75, 3.05) is 20.8 Å². The number of rotatable bonds is 9. The normalized spacial score (nSPS) is 12.3. The Morgan fingerprint density at radius 2 is 1.65 bits per heavy atom. The van der Waals surface area contributed by atoms with Crippen molar-refractivity contribution in [1.29, 1.82) is 0 Å². The summed E-state index contributed by atoms with van der Waals surface area (Å²) in [6, 6.07) is 15.3. The first-order chi connectivity index (χ1) is 17.5. The van der Waals surface area contributed by atoms with Crippen molar-refractivity contribution in [3.8, 4) is 0 Å². The lowest BCUT2D eigenvalue weighted by molar-refractivity contribution is -0.140. The number of ether oxygens (including phenoxy) is 2. The van der Waals surface area contributed by atoms with E-state index in [2.05, 4.69) is 20.9 Å². The van der Waals surface area contributed by atoms with Crippen LogP contribution in [0.25, 0.3) is 0 Å². The maximum Gasteiger partial charge on any atom is 0.340 e. The van der Waals surface area contributed by atoms with Gasteiger partial charge < -0.3 is 14.5 Å². The van der Waals surface area contributed by atoms with Crippen LogP contribution >= 0.6 is 15.9 Å². The van der Waals surface area contributed by atoms with Gasteiger partial charge in [-0.1, -0.05) is 55.0 Å². The number of H-pyrrole nitrogens is 1. The molecule has 0 unspecified atom stereocenters. The number of hydrogen-bond acceptors (Lipinski definition) is 7. The molecule has 196 valence electrons.